The second-order valence-corrected chi connectivity index (χ2v) is 10.8. The van der Waals surface area contributed by atoms with Gasteiger partial charge in [-0.25, -0.2) is 8.42 Å². The predicted octanol–water partition coefficient (Wildman–Crippen LogP) is 3.42. The number of ketones is 1. The molecule has 2 aliphatic rings. The standard InChI is InChI=1S/C23H19NO5S2/c1-16-11-13-18(14-12-16)31(28,29)24-21-15-22(23(25)20-10-6-5-9-19(20)21)30(26,27)17-7-3-2-4-8-17/h2-15,19-20H,1H3. The zero-order chi connectivity index (χ0) is 22.2. The first kappa shape index (κ1) is 21.1. The van der Waals surface area contributed by atoms with Crippen molar-refractivity contribution in [3.8, 4) is 0 Å². The Kier molecular flexibility index (Phi) is 5.36. The van der Waals surface area contributed by atoms with Crippen LogP contribution in [0.3, 0.4) is 0 Å². The number of nitrogens with zero attached hydrogens (tertiary/aromatic N) is 1. The van der Waals surface area contributed by atoms with E-state index in [1.165, 1.54) is 24.3 Å². The van der Waals surface area contributed by atoms with E-state index in [-0.39, 0.29) is 15.5 Å². The molecule has 0 aliphatic heterocycles. The van der Waals surface area contributed by atoms with Crippen LogP contribution in [0.2, 0.25) is 0 Å². The fourth-order valence-electron chi connectivity index (χ4n) is 3.53. The molecule has 0 amide bonds. The molecule has 2 atom stereocenters. The summed E-state index contributed by atoms with van der Waals surface area (Å²) in [6.45, 7) is 1.84. The van der Waals surface area contributed by atoms with Crippen molar-refractivity contribution in [1.82, 2.24) is 0 Å². The Morgan fingerprint density at radius 1 is 0.774 bits per heavy atom. The first-order valence-electron chi connectivity index (χ1n) is 9.53. The van der Waals surface area contributed by atoms with Gasteiger partial charge in [-0.2, -0.15) is 12.8 Å². The zero-order valence-corrected chi connectivity index (χ0v) is 18.2. The van der Waals surface area contributed by atoms with Crippen LogP contribution in [0.15, 0.2) is 104 Å². The topological polar surface area (TPSA) is 97.7 Å². The lowest BCUT2D eigenvalue weighted by molar-refractivity contribution is -0.117. The van der Waals surface area contributed by atoms with Gasteiger partial charge in [0.1, 0.15) is 4.91 Å². The van der Waals surface area contributed by atoms with E-state index in [0.29, 0.717) is 0 Å². The maximum atomic E-state index is 13.2. The zero-order valence-electron chi connectivity index (χ0n) is 16.5. The van der Waals surface area contributed by atoms with E-state index in [1.54, 1.807) is 54.6 Å². The lowest BCUT2D eigenvalue weighted by Crippen LogP contribution is -2.36. The quantitative estimate of drug-likeness (QED) is 0.707. The van der Waals surface area contributed by atoms with Crippen molar-refractivity contribution >= 4 is 31.4 Å². The smallest absolute Gasteiger partial charge is 0.282 e. The largest absolute Gasteiger partial charge is 0.293 e. The van der Waals surface area contributed by atoms with Crippen molar-refractivity contribution in [3.63, 3.8) is 0 Å². The molecule has 2 unspecified atom stereocenters. The third kappa shape index (κ3) is 3.96. The summed E-state index contributed by atoms with van der Waals surface area (Å²) in [7, 11) is -8.24. The summed E-state index contributed by atoms with van der Waals surface area (Å²) in [5, 5.41) is 0. The van der Waals surface area contributed by atoms with E-state index < -0.39 is 42.4 Å². The summed E-state index contributed by atoms with van der Waals surface area (Å²) in [5.41, 5.74) is 0.909. The molecule has 2 aromatic rings. The van der Waals surface area contributed by atoms with Gasteiger partial charge in [-0.05, 0) is 37.3 Å². The first-order chi connectivity index (χ1) is 14.7. The molecule has 31 heavy (non-hydrogen) atoms. The number of allylic oxidation sites excluding steroid dienone is 6. The van der Waals surface area contributed by atoms with Crippen LogP contribution >= 0.6 is 0 Å². The highest BCUT2D eigenvalue weighted by molar-refractivity contribution is 7.96. The van der Waals surface area contributed by atoms with Gasteiger partial charge in [0.25, 0.3) is 10.0 Å². The fraction of sp³-hybridized carbons (Fsp3) is 0.130. The highest BCUT2D eigenvalue weighted by atomic mass is 32.2. The number of Topliss-reactive ketones (excluding diaryl/α,β-unsaturated/α-hetero) is 1. The van der Waals surface area contributed by atoms with Gasteiger partial charge in [-0.3, -0.25) is 4.79 Å². The highest BCUT2D eigenvalue weighted by Gasteiger charge is 2.41. The van der Waals surface area contributed by atoms with Gasteiger partial charge >= 0.3 is 0 Å². The molecule has 0 aromatic heterocycles. The fourth-order valence-corrected chi connectivity index (χ4v) is 6.02. The minimum Gasteiger partial charge on any atom is -0.293 e. The van der Waals surface area contributed by atoms with Gasteiger partial charge in [0, 0.05) is 5.92 Å². The molecule has 0 saturated heterocycles. The number of benzene rings is 2. The van der Waals surface area contributed by atoms with E-state index in [9.17, 15) is 21.6 Å². The van der Waals surface area contributed by atoms with Crippen LogP contribution < -0.4 is 0 Å². The Morgan fingerprint density at radius 3 is 2.03 bits per heavy atom. The molecule has 4 rings (SSSR count). The van der Waals surface area contributed by atoms with E-state index in [0.717, 1.165) is 11.6 Å². The number of hydrogen-bond acceptors (Lipinski definition) is 5. The normalized spacial score (nSPS) is 22.3. The maximum Gasteiger partial charge on any atom is 0.282 e. The van der Waals surface area contributed by atoms with Crippen molar-refractivity contribution in [2.45, 2.75) is 16.7 Å². The number of hydrogen-bond donors (Lipinski definition) is 0. The first-order valence-corrected chi connectivity index (χ1v) is 12.4. The van der Waals surface area contributed by atoms with Crippen LogP contribution in [0.25, 0.3) is 0 Å². The molecule has 2 aromatic carbocycles. The van der Waals surface area contributed by atoms with Crippen molar-refractivity contribution in [3.05, 3.63) is 95.4 Å². The molecule has 0 spiro atoms. The average molecular weight is 454 g/mol. The Morgan fingerprint density at radius 2 is 1.39 bits per heavy atom. The summed E-state index contributed by atoms with van der Waals surface area (Å²) in [5.74, 6) is -2.08. The molecule has 0 heterocycles. The van der Waals surface area contributed by atoms with E-state index in [4.69, 9.17) is 0 Å². The summed E-state index contributed by atoms with van der Waals surface area (Å²) < 4.78 is 56.1. The third-order valence-electron chi connectivity index (χ3n) is 5.19. The highest BCUT2D eigenvalue weighted by Crippen LogP contribution is 2.35. The number of fused-ring (bicyclic) bond motifs is 1. The molecular formula is C23H19NO5S2. The average Bonchev–Trinajstić information content (AvgIpc) is 2.76. The van der Waals surface area contributed by atoms with E-state index in [2.05, 4.69) is 4.40 Å². The van der Waals surface area contributed by atoms with Crippen LogP contribution in [0.4, 0.5) is 0 Å². The molecule has 8 heteroatoms. The van der Waals surface area contributed by atoms with Crippen LogP contribution in [0.1, 0.15) is 5.56 Å². The lowest BCUT2D eigenvalue weighted by atomic mass is 9.78. The summed E-state index contributed by atoms with van der Waals surface area (Å²) >= 11 is 0. The predicted molar refractivity (Wildman–Crippen MR) is 118 cm³/mol. The minimum atomic E-state index is -4.14. The molecule has 158 valence electrons. The van der Waals surface area contributed by atoms with Crippen molar-refractivity contribution in [2.24, 2.45) is 16.2 Å². The molecule has 0 saturated carbocycles. The second-order valence-electron chi connectivity index (χ2n) is 7.31. The minimum absolute atomic E-state index is 0.00440. The van der Waals surface area contributed by atoms with Crippen molar-refractivity contribution < 1.29 is 21.6 Å². The third-order valence-corrected chi connectivity index (χ3v) is 8.30. The molecule has 2 aliphatic carbocycles. The van der Waals surface area contributed by atoms with E-state index >= 15 is 0 Å². The summed E-state index contributed by atoms with van der Waals surface area (Å²) in [6, 6.07) is 13.8. The monoisotopic (exact) mass is 453 g/mol. The van der Waals surface area contributed by atoms with Crippen molar-refractivity contribution in [1.29, 1.82) is 0 Å². The second kappa shape index (κ2) is 7.86. The number of carbonyl (C=O) groups is 1. The Hall–Kier alpha value is -3.10. The lowest BCUT2D eigenvalue weighted by Gasteiger charge is -2.28. The van der Waals surface area contributed by atoms with Gasteiger partial charge in [0.05, 0.1) is 21.4 Å². The molecule has 6 nitrogen and oxygen atoms in total. The molecular weight excluding hydrogens is 434 g/mol. The van der Waals surface area contributed by atoms with Gasteiger partial charge in [0.2, 0.25) is 9.84 Å². The Bertz CT molecular complexity index is 1370. The number of rotatable bonds is 4. The maximum absolute atomic E-state index is 13.2. The number of aryl methyl sites for hydroxylation is 1. The van der Waals surface area contributed by atoms with Crippen LogP contribution in [0.5, 0.6) is 0 Å². The van der Waals surface area contributed by atoms with Crippen LogP contribution in [0, 0.1) is 18.8 Å². The number of sulfonamides is 1. The SMILES string of the molecule is Cc1ccc(S(=O)(=O)N=C2C=C(S(=O)(=O)c3ccccc3)C(=O)C3C=CC=CC23)cc1. The number of sulfone groups is 1. The van der Waals surface area contributed by atoms with Gasteiger partial charge in [0.15, 0.2) is 5.78 Å². The molecule has 0 N–H and O–H groups in total. The summed E-state index contributed by atoms with van der Waals surface area (Å²) in [4.78, 5) is 12.6. The number of carbonyl (C=O) groups excluding carboxylic acids is 1. The summed E-state index contributed by atoms with van der Waals surface area (Å²) in [6.07, 6.45) is 7.67. The molecule has 0 radical (unpaired) electrons. The van der Waals surface area contributed by atoms with Crippen LogP contribution in [-0.4, -0.2) is 28.3 Å². The Balaban J connectivity index is 1.88. The molecule has 0 bridgehead atoms. The van der Waals surface area contributed by atoms with E-state index in [1.807, 2.05) is 6.92 Å². The van der Waals surface area contributed by atoms with Crippen molar-refractivity contribution in [2.75, 3.05) is 0 Å². The van der Waals surface area contributed by atoms with Gasteiger partial charge < -0.3 is 0 Å². The van der Waals surface area contributed by atoms with Gasteiger partial charge in [-0.15, -0.1) is 0 Å². The van der Waals surface area contributed by atoms with Gasteiger partial charge in [-0.1, -0.05) is 60.2 Å². The molecule has 0 fully saturated rings. The van der Waals surface area contributed by atoms with Crippen LogP contribution in [-0.2, 0) is 24.7 Å². The Labute approximate surface area is 181 Å².